The van der Waals surface area contributed by atoms with Crippen molar-refractivity contribution in [3.63, 3.8) is 0 Å². The van der Waals surface area contributed by atoms with Crippen molar-refractivity contribution >= 4 is 47.1 Å². The smallest absolute Gasteiger partial charge is 0.233 e. The molecule has 1 aliphatic heterocycles. The van der Waals surface area contributed by atoms with Gasteiger partial charge in [0.1, 0.15) is 11.6 Å². The number of rotatable bonds is 6. The summed E-state index contributed by atoms with van der Waals surface area (Å²) in [4.78, 5) is 21.0. The maximum atomic E-state index is 13.0. The normalized spacial score (nSPS) is 14.4. The third-order valence-corrected chi connectivity index (χ3v) is 5.98. The summed E-state index contributed by atoms with van der Waals surface area (Å²) in [5.41, 5.74) is 1.94. The second-order valence-electron chi connectivity index (χ2n) is 7.02. The van der Waals surface area contributed by atoms with Crippen LogP contribution in [0.3, 0.4) is 0 Å². The van der Waals surface area contributed by atoms with E-state index in [2.05, 4.69) is 20.1 Å². The first-order valence-electron chi connectivity index (χ1n) is 9.84. The van der Waals surface area contributed by atoms with Crippen LogP contribution in [0.1, 0.15) is 11.4 Å². The van der Waals surface area contributed by atoms with Crippen LogP contribution < -0.4 is 4.90 Å². The number of halogens is 2. The largest absolute Gasteiger partial charge is 0.368 e. The first-order valence-corrected chi connectivity index (χ1v) is 11.2. The summed E-state index contributed by atoms with van der Waals surface area (Å²) in [5.74, 6) is 0.667. The van der Waals surface area contributed by atoms with E-state index in [0.29, 0.717) is 29.1 Å². The van der Waals surface area contributed by atoms with Gasteiger partial charge in [-0.2, -0.15) is 0 Å². The SMILES string of the molecule is O=C(CSc1n[nH]c(/C=C/c2ccc(F)cc2)n1)N1CCN(c2cccc(Cl)c2)CC1. The van der Waals surface area contributed by atoms with E-state index in [9.17, 15) is 9.18 Å². The van der Waals surface area contributed by atoms with Crippen molar-refractivity contribution < 1.29 is 9.18 Å². The summed E-state index contributed by atoms with van der Waals surface area (Å²) in [6, 6.07) is 13.9. The van der Waals surface area contributed by atoms with Gasteiger partial charge < -0.3 is 9.80 Å². The highest BCUT2D eigenvalue weighted by atomic mass is 35.5. The highest BCUT2D eigenvalue weighted by Gasteiger charge is 2.21. The van der Waals surface area contributed by atoms with Crippen LogP contribution in [0, 0.1) is 5.82 Å². The minimum Gasteiger partial charge on any atom is -0.368 e. The molecule has 160 valence electrons. The Morgan fingerprint density at radius 1 is 1.13 bits per heavy atom. The number of nitrogens with one attached hydrogen (secondary N) is 1. The molecule has 1 N–H and O–H groups in total. The number of amides is 1. The molecule has 3 aromatic rings. The molecule has 1 aromatic heterocycles. The van der Waals surface area contributed by atoms with Gasteiger partial charge in [-0.3, -0.25) is 9.89 Å². The van der Waals surface area contributed by atoms with Crippen LogP contribution in [-0.2, 0) is 4.79 Å². The van der Waals surface area contributed by atoms with E-state index in [1.165, 1.54) is 23.9 Å². The minimum absolute atomic E-state index is 0.0731. The molecule has 2 aromatic carbocycles. The lowest BCUT2D eigenvalue weighted by Crippen LogP contribution is -2.49. The van der Waals surface area contributed by atoms with Crippen molar-refractivity contribution in [1.29, 1.82) is 0 Å². The molecule has 2 heterocycles. The van der Waals surface area contributed by atoms with Gasteiger partial charge in [0.05, 0.1) is 5.75 Å². The molecular formula is C22H21ClFN5OS. The summed E-state index contributed by atoms with van der Waals surface area (Å²) in [5, 5.41) is 8.21. The summed E-state index contributed by atoms with van der Waals surface area (Å²) in [6.45, 7) is 2.89. The number of aromatic amines is 1. The number of hydrogen-bond acceptors (Lipinski definition) is 5. The summed E-state index contributed by atoms with van der Waals surface area (Å²) < 4.78 is 13.0. The summed E-state index contributed by atoms with van der Waals surface area (Å²) in [7, 11) is 0. The van der Waals surface area contributed by atoms with E-state index in [1.54, 1.807) is 18.2 Å². The third kappa shape index (κ3) is 5.86. The van der Waals surface area contributed by atoms with E-state index >= 15 is 0 Å². The average molecular weight is 458 g/mol. The van der Waals surface area contributed by atoms with Crippen molar-refractivity contribution in [2.24, 2.45) is 0 Å². The molecule has 0 aliphatic carbocycles. The number of carbonyl (C=O) groups is 1. The average Bonchev–Trinajstić information content (AvgIpc) is 3.25. The first kappa shape index (κ1) is 21.4. The van der Waals surface area contributed by atoms with Crippen molar-refractivity contribution in [3.8, 4) is 0 Å². The number of anilines is 1. The van der Waals surface area contributed by atoms with Gasteiger partial charge in [-0.1, -0.05) is 47.6 Å². The predicted octanol–water partition coefficient (Wildman–Crippen LogP) is 4.21. The lowest BCUT2D eigenvalue weighted by Gasteiger charge is -2.36. The fourth-order valence-corrected chi connectivity index (χ4v) is 4.14. The Labute approximate surface area is 189 Å². The summed E-state index contributed by atoms with van der Waals surface area (Å²) in [6.07, 6.45) is 3.58. The second kappa shape index (κ2) is 9.98. The monoisotopic (exact) mass is 457 g/mol. The number of benzene rings is 2. The van der Waals surface area contributed by atoms with Gasteiger partial charge in [-0.05, 0) is 42.0 Å². The van der Waals surface area contributed by atoms with Crippen LogP contribution in [0.2, 0.25) is 5.02 Å². The quantitative estimate of drug-likeness (QED) is 0.562. The summed E-state index contributed by atoms with van der Waals surface area (Å²) >= 11 is 7.38. The number of piperazine rings is 1. The first-order chi connectivity index (χ1) is 15.1. The number of hydrogen-bond donors (Lipinski definition) is 1. The molecule has 4 rings (SSSR count). The topological polar surface area (TPSA) is 65.1 Å². The Morgan fingerprint density at radius 3 is 2.65 bits per heavy atom. The van der Waals surface area contributed by atoms with Crippen LogP contribution in [0.4, 0.5) is 10.1 Å². The Morgan fingerprint density at radius 2 is 1.90 bits per heavy atom. The van der Waals surface area contributed by atoms with Crippen molar-refractivity contribution in [2.45, 2.75) is 5.16 Å². The number of thioether (sulfide) groups is 1. The Balaban J connectivity index is 1.24. The van der Waals surface area contributed by atoms with E-state index < -0.39 is 0 Å². The Kier molecular flexibility index (Phi) is 6.89. The Hall–Kier alpha value is -2.84. The molecular weight excluding hydrogens is 437 g/mol. The van der Waals surface area contributed by atoms with E-state index in [1.807, 2.05) is 35.2 Å². The van der Waals surface area contributed by atoms with Gasteiger partial charge in [-0.15, -0.1) is 5.10 Å². The molecule has 0 radical (unpaired) electrons. The van der Waals surface area contributed by atoms with Crippen LogP contribution in [-0.4, -0.2) is 57.9 Å². The lowest BCUT2D eigenvalue weighted by molar-refractivity contribution is -0.128. The van der Waals surface area contributed by atoms with Crippen LogP contribution in [0.5, 0.6) is 0 Å². The third-order valence-electron chi connectivity index (χ3n) is 4.92. The molecule has 9 heteroatoms. The zero-order valence-electron chi connectivity index (χ0n) is 16.7. The molecule has 1 fully saturated rings. The molecule has 0 unspecified atom stereocenters. The predicted molar refractivity (Wildman–Crippen MR) is 123 cm³/mol. The fraction of sp³-hybridized carbons (Fsp3) is 0.227. The second-order valence-corrected chi connectivity index (χ2v) is 8.40. The van der Waals surface area contributed by atoms with Gasteiger partial charge in [0.15, 0.2) is 0 Å². The van der Waals surface area contributed by atoms with Crippen LogP contribution in [0.25, 0.3) is 12.2 Å². The minimum atomic E-state index is -0.272. The number of H-pyrrole nitrogens is 1. The lowest BCUT2D eigenvalue weighted by atomic mass is 10.2. The molecule has 1 saturated heterocycles. The number of nitrogens with zero attached hydrogens (tertiary/aromatic N) is 4. The van der Waals surface area contributed by atoms with E-state index in [0.717, 1.165) is 24.3 Å². The van der Waals surface area contributed by atoms with E-state index in [4.69, 9.17) is 11.6 Å². The Bertz CT molecular complexity index is 1060. The van der Waals surface area contributed by atoms with Gasteiger partial charge in [0.25, 0.3) is 0 Å². The number of aromatic nitrogens is 3. The molecule has 0 atom stereocenters. The highest BCUT2D eigenvalue weighted by molar-refractivity contribution is 7.99. The highest BCUT2D eigenvalue weighted by Crippen LogP contribution is 2.21. The molecule has 0 spiro atoms. The van der Waals surface area contributed by atoms with Crippen molar-refractivity contribution in [3.05, 3.63) is 70.8 Å². The fourth-order valence-electron chi connectivity index (χ4n) is 3.25. The molecule has 1 aliphatic rings. The molecule has 6 nitrogen and oxygen atoms in total. The van der Waals surface area contributed by atoms with Gasteiger partial charge in [0, 0.05) is 36.9 Å². The van der Waals surface area contributed by atoms with Gasteiger partial charge in [-0.25, -0.2) is 9.37 Å². The molecule has 0 saturated carbocycles. The molecule has 1 amide bonds. The van der Waals surface area contributed by atoms with Crippen LogP contribution >= 0.6 is 23.4 Å². The molecule has 31 heavy (non-hydrogen) atoms. The maximum absolute atomic E-state index is 13.0. The molecule has 0 bridgehead atoms. The standard InChI is InChI=1S/C22H21ClFN5OS/c23-17-2-1-3-19(14-17)28-10-12-29(13-11-28)21(30)15-31-22-25-20(26-27-22)9-6-16-4-7-18(24)8-5-16/h1-9,14H,10-13,15H2,(H,25,26,27)/b9-6+. The van der Waals surface area contributed by atoms with Crippen molar-refractivity contribution in [1.82, 2.24) is 20.1 Å². The van der Waals surface area contributed by atoms with E-state index in [-0.39, 0.29) is 17.5 Å². The zero-order valence-corrected chi connectivity index (χ0v) is 18.2. The number of carbonyl (C=O) groups excluding carboxylic acids is 1. The van der Waals surface area contributed by atoms with Gasteiger partial charge >= 0.3 is 0 Å². The van der Waals surface area contributed by atoms with Crippen LogP contribution in [0.15, 0.2) is 53.7 Å². The van der Waals surface area contributed by atoms with Gasteiger partial charge in [0.2, 0.25) is 11.1 Å². The van der Waals surface area contributed by atoms with Crippen molar-refractivity contribution in [2.75, 3.05) is 36.8 Å². The maximum Gasteiger partial charge on any atom is 0.233 e. The zero-order chi connectivity index (χ0) is 21.6.